The summed E-state index contributed by atoms with van der Waals surface area (Å²) in [7, 11) is 0. The summed E-state index contributed by atoms with van der Waals surface area (Å²) in [6, 6.07) is 28.9. The highest BCUT2D eigenvalue weighted by molar-refractivity contribution is 8.19. The molecule has 0 spiro atoms. The number of carbonyl (C=O) groups is 1. The molecule has 0 radical (unpaired) electrons. The second-order valence-corrected chi connectivity index (χ2v) is 10.2. The molecule has 4 aromatic rings. The van der Waals surface area contributed by atoms with Crippen LogP contribution in [-0.2, 0) is 17.6 Å². The molecule has 0 bridgehead atoms. The summed E-state index contributed by atoms with van der Waals surface area (Å²) in [5.74, 6) is -0.0531. The van der Waals surface area contributed by atoms with Gasteiger partial charge in [0, 0.05) is 17.1 Å². The summed E-state index contributed by atoms with van der Waals surface area (Å²) in [5, 5.41) is 0.668. The molecule has 4 nitrogen and oxygen atoms in total. The molecule has 1 saturated heterocycles. The second kappa shape index (κ2) is 10.7. The molecule has 0 aliphatic carbocycles. The lowest BCUT2D eigenvalue weighted by atomic mass is 10.1. The van der Waals surface area contributed by atoms with Gasteiger partial charge in [-0.1, -0.05) is 56.3 Å². The van der Waals surface area contributed by atoms with Crippen LogP contribution >= 0.6 is 11.8 Å². The first kappa shape index (κ1) is 24.8. The first-order chi connectivity index (χ1) is 18.0. The summed E-state index contributed by atoms with van der Waals surface area (Å²) >= 11 is 1.43. The molecule has 37 heavy (non-hydrogen) atoms. The molecule has 0 unspecified atom stereocenters. The maximum Gasteiger partial charge on any atom is 0.271 e. The van der Waals surface area contributed by atoms with Gasteiger partial charge in [-0.15, -0.1) is 0 Å². The van der Waals surface area contributed by atoms with E-state index in [1.165, 1.54) is 22.9 Å². The number of thioether (sulfide) groups is 1. The van der Waals surface area contributed by atoms with Gasteiger partial charge in [-0.25, -0.2) is 4.99 Å². The lowest BCUT2D eigenvalue weighted by molar-refractivity contribution is -0.113. The molecule has 186 valence electrons. The van der Waals surface area contributed by atoms with E-state index in [0.29, 0.717) is 10.1 Å². The van der Waals surface area contributed by atoms with Crippen molar-refractivity contribution >= 4 is 40.3 Å². The third-order valence-corrected chi connectivity index (χ3v) is 7.72. The number of hydrogen-bond donors (Lipinski definition) is 0. The monoisotopic (exact) mass is 505 g/mol. The van der Waals surface area contributed by atoms with Crippen LogP contribution in [0.2, 0.25) is 0 Å². The second-order valence-electron chi connectivity index (χ2n) is 9.18. The Morgan fingerprint density at radius 3 is 2.05 bits per heavy atom. The van der Waals surface area contributed by atoms with Crippen LogP contribution in [0, 0.1) is 13.8 Å². The summed E-state index contributed by atoms with van der Waals surface area (Å²) < 4.78 is 2.22. The van der Waals surface area contributed by atoms with Crippen LogP contribution in [0.25, 0.3) is 11.8 Å². The first-order valence-corrected chi connectivity index (χ1v) is 13.5. The highest BCUT2D eigenvalue weighted by Crippen LogP contribution is 2.38. The van der Waals surface area contributed by atoms with Gasteiger partial charge in [0.15, 0.2) is 5.17 Å². The highest BCUT2D eigenvalue weighted by atomic mass is 32.2. The van der Waals surface area contributed by atoms with Crippen LogP contribution in [0.4, 0.5) is 11.4 Å². The number of aryl methyl sites for hydroxylation is 3. The van der Waals surface area contributed by atoms with Crippen LogP contribution in [-0.4, -0.2) is 15.6 Å². The molecular weight excluding hydrogens is 474 g/mol. The zero-order valence-electron chi connectivity index (χ0n) is 21.7. The predicted molar refractivity (Wildman–Crippen MR) is 157 cm³/mol. The van der Waals surface area contributed by atoms with E-state index in [-0.39, 0.29) is 5.91 Å². The van der Waals surface area contributed by atoms with Crippen LogP contribution in [0.5, 0.6) is 0 Å². The molecule has 2 heterocycles. The van der Waals surface area contributed by atoms with Crippen molar-refractivity contribution in [2.24, 2.45) is 4.99 Å². The van der Waals surface area contributed by atoms with Gasteiger partial charge < -0.3 is 4.57 Å². The smallest absolute Gasteiger partial charge is 0.271 e. The maximum atomic E-state index is 13.8. The number of amides is 1. The fraction of sp³-hybridized carbons (Fsp3) is 0.188. The van der Waals surface area contributed by atoms with Crippen molar-refractivity contribution in [3.63, 3.8) is 0 Å². The number of rotatable bonds is 6. The van der Waals surface area contributed by atoms with E-state index in [0.717, 1.165) is 46.9 Å². The number of nitrogens with zero attached hydrogens (tertiary/aromatic N) is 3. The maximum absolute atomic E-state index is 13.8. The Hall–Kier alpha value is -3.83. The Bertz CT molecular complexity index is 1480. The van der Waals surface area contributed by atoms with Crippen molar-refractivity contribution in [3.8, 4) is 5.69 Å². The Kier molecular flexibility index (Phi) is 7.15. The zero-order valence-corrected chi connectivity index (χ0v) is 22.5. The van der Waals surface area contributed by atoms with E-state index in [9.17, 15) is 4.79 Å². The Morgan fingerprint density at radius 1 is 0.811 bits per heavy atom. The van der Waals surface area contributed by atoms with Gasteiger partial charge in [-0.05, 0) is 104 Å². The van der Waals surface area contributed by atoms with Crippen LogP contribution in [0.3, 0.4) is 0 Å². The molecule has 1 amide bonds. The van der Waals surface area contributed by atoms with Crippen molar-refractivity contribution in [1.82, 2.24) is 4.57 Å². The van der Waals surface area contributed by atoms with Gasteiger partial charge in [0.1, 0.15) is 0 Å². The molecule has 5 rings (SSSR count). The standard InChI is InChI=1S/C32H31N3OS/c1-5-24-12-16-27(17-13-24)33-32-35(29-18-14-25(6-2)15-19-29)31(36)30(37-32)21-26-20-22(3)34(23(26)4)28-10-8-7-9-11-28/h7-21H,5-6H2,1-4H3/b30-21+,33-32?. The molecule has 1 aliphatic rings. The molecule has 5 heteroatoms. The van der Waals surface area contributed by atoms with Gasteiger partial charge >= 0.3 is 0 Å². The van der Waals surface area contributed by atoms with Crippen molar-refractivity contribution in [2.45, 2.75) is 40.5 Å². The lowest BCUT2D eigenvalue weighted by Crippen LogP contribution is -2.28. The summed E-state index contributed by atoms with van der Waals surface area (Å²) in [5.41, 5.74) is 8.55. The molecular formula is C32H31N3OS. The molecule has 3 aromatic carbocycles. The zero-order chi connectivity index (χ0) is 25.9. The van der Waals surface area contributed by atoms with Crippen LogP contribution < -0.4 is 4.90 Å². The number of hydrogen-bond acceptors (Lipinski definition) is 3. The average molecular weight is 506 g/mol. The molecule has 0 atom stereocenters. The first-order valence-electron chi connectivity index (χ1n) is 12.7. The molecule has 0 saturated carbocycles. The van der Waals surface area contributed by atoms with E-state index in [1.807, 2.05) is 48.5 Å². The quantitative estimate of drug-likeness (QED) is 0.249. The van der Waals surface area contributed by atoms with E-state index < -0.39 is 0 Å². The topological polar surface area (TPSA) is 37.6 Å². The molecule has 1 aromatic heterocycles. The van der Waals surface area contributed by atoms with Gasteiger partial charge in [0.2, 0.25) is 0 Å². The van der Waals surface area contributed by atoms with Gasteiger partial charge in [0.05, 0.1) is 16.3 Å². The van der Waals surface area contributed by atoms with Crippen molar-refractivity contribution in [3.05, 3.63) is 118 Å². The number of aliphatic imine (C=N–C) groups is 1. The fourth-order valence-electron chi connectivity index (χ4n) is 4.62. The van der Waals surface area contributed by atoms with E-state index >= 15 is 0 Å². The number of aromatic nitrogens is 1. The predicted octanol–water partition coefficient (Wildman–Crippen LogP) is 8.03. The van der Waals surface area contributed by atoms with E-state index in [2.05, 4.69) is 74.7 Å². The summed E-state index contributed by atoms with van der Waals surface area (Å²) in [6.45, 7) is 8.47. The Morgan fingerprint density at radius 2 is 1.43 bits per heavy atom. The van der Waals surface area contributed by atoms with Gasteiger partial charge in [-0.3, -0.25) is 9.69 Å². The molecule has 1 fully saturated rings. The van der Waals surface area contributed by atoms with Crippen molar-refractivity contribution < 1.29 is 4.79 Å². The highest BCUT2D eigenvalue weighted by Gasteiger charge is 2.35. The van der Waals surface area contributed by atoms with Crippen molar-refractivity contribution in [2.75, 3.05) is 4.90 Å². The number of amidine groups is 1. The average Bonchev–Trinajstić information content (AvgIpc) is 3.38. The molecule has 1 aliphatic heterocycles. The Balaban J connectivity index is 1.56. The molecule has 0 N–H and O–H groups in total. The Labute approximate surface area is 223 Å². The lowest BCUT2D eigenvalue weighted by Gasteiger charge is -2.16. The van der Waals surface area contributed by atoms with E-state index in [1.54, 1.807) is 4.90 Å². The minimum atomic E-state index is -0.0531. The third-order valence-electron chi connectivity index (χ3n) is 6.75. The number of carbonyl (C=O) groups excluding carboxylic acids is 1. The fourth-order valence-corrected chi connectivity index (χ4v) is 5.61. The normalized spacial score (nSPS) is 15.8. The van der Waals surface area contributed by atoms with Crippen LogP contribution in [0.1, 0.15) is 41.9 Å². The van der Waals surface area contributed by atoms with E-state index in [4.69, 9.17) is 4.99 Å². The minimum Gasteiger partial charge on any atom is -0.318 e. The third kappa shape index (κ3) is 5.05. The largest absolute Gasteiger partial charge is 0.318 e. The SMILES string of the molecule is CCc1ccc(N=C2S/C(=C/c3cc(C)n(-c4ccccc4)c3C)C(=O)N2c2ccc(CC)cc2)cc1. The minimum absolute atomic E-state index is 0.0531. The van der Waals surface area contributed by atoms with Crippen LogP contribution in [0.15, 0.2) is 94.8 Å². The van der Waals surface area contributed by atoms with Gasteiger partial charge in [-0.2, -0.15) is 0 Å². The van der Waals surface area contributed by atoms with Gasteiger partial charge in [0.25, 0.3) is 5.91 Å². The number of benzene rings is 3. The summed E-state index contributed by atoms with van der Waals surface area (Å²) in [6.07, 6.45) is 3.94. The summed E-state index contributed by atoms with van der Waals surface area (Å²) in [4.78, 5) is 21.1. The van der Waals surface area contributed by atoms with Crippen molar-refractivity contribution in [1.29, 1.82) is 0 Å². The number of para-hydroxylation sites is 1. The number of anilines is 1.